The van der Waals surface area contributed by atoms with Crippen molar-refractivity contribution < 1.29 is 21.2 Å². The standard InChI is InChI=1S/C3H6N2.2C3H6O2.H/c1-2-5-3-4-1;2*1-2-3(4)5;/h3H,1-2H2,(H,4,5);2*2H2,1H3,(H,4,5);/i;;;1+1. The highest BCUT2D eigenvalue weighted by atomic mass is 16.4. The Bertz CT molecular complexity index is 190. The summed E-state index contributed by atoms with van der Waals surface area (Å²) < 4.78 is 0. The van der Waals surface area contributed by atoms with E-state index in [1.165, 1.54) is 0 Å². The first-order valence-electron chi connectivity index (χ1n) is 4.69. The first-order valence-corrected chi connectivity index (χ1v) is 4.69. The van der Waals surface area contributed by atoms with Gasteiger partial charge in [-0.25, -0.2) is 0 Å². The second-order valence-electron chi connectivity index (χ2n) is 2.48. The molecule has 0 saturated carbocycles. The molecular formula is C9H19N2O4. The third-order valence-corrected chi connectivity index (χ3v) is 1.17. The number of aliphatic imine (C=N–C) groups is 1. The smallest absolute Gasteiger partial charge is 0.303 e. The first kappa shape index (κ1) is 15.9. The molecule has 0 amide bonds. The van der Waals surface area contributed by atoms with Crippen molar-refractivity contribution >= 4 is 18.3 Å². The number of hydrogen-bond acceptors (Lipinski definition) is 4. The maximum Gasteiger partial charge on any atom is 0.303 e. The van der Waals surface area contributed by atoms with Crippen LogP contribution < -0.4 is 5.32 Å². The molecule has 3 N–H and O–H groups in total. The Balaban J connectivity index is -0.000000154. The molecule has 1 aliphatic heterocycles. The van der Waals surface area contributed by atoms with Gasteiger partial charge in [-0.3, -0.25) is 14.6 Å². The van der Waals surface area contributed by atoms with E-state index >= 15 is 0 Å². The molecule has 0 unspecified atom stereocenters. The third-order valence-electron chi connectivity index (χ3n) is 1.17. The van der Waals surface area contributed by atoms with Crippen molar-refractivity contribution in [3.8, 4) is 0 Å². The molecule has 89 valence electrons. The summed E-state index contributed by atoms with van der Waals surface area (Å²) in [4.78, 5) is 22.6. The molecule has 1 rings (SSSR count). The molecule has 1 aliphatic rings. The van der Waals surface area contributed by atoms with Gasteiger partial charge in [-0.05, 0) is 0 Å². The zero-order valence-electron chi connectivity index (χ0n) is 10.1. The van der Waals surface area contributed by atoms with Crippen LogP contribution in [0.2, 0.25) is 0 Å². The molecule has 0 spiro atoms. The molecule has 6 nitrogen and oxygen atoms in total. The van der Waals surface area contributed by atoms with E-state index in [2.05, 4.69) is 10.3 Å². The van der Waals surface area contributed by atoms with Gasteiger partial charge in [0.2, 0.25) is 0 Å². The van der Waals surface area contributed by atoms with Crippen LogP contribution in [0.25, 0.3) is 0 Å². The molecule has 6 heteroatoms. The Morgan fingerprint density at radius 2 is 1.73 bits per heavy atom. The van der Waals surface area contributed by atoms with E-state index in [4.69, 9.17) is 10.2 Å². The summed E-state index contributed by atoms with van der Waals surface area (Å²) >= 11 is 0. The van der Waals surface area contributed by atoms with Crippen molar-refractivity contribution in [2.24, 2.45) is 4.99 Å². The van der Waals surface area contributed by atoms with Crippen LogP contribution in [0.3, 0.4) is 0 Å². The Morgan fingerprint density at radius 3 is 1.80 bits per heavy atom. The average Bonchev–Trinajstić information content (AvgIpc) is 2.76. The molecule has 0 aliphatic carbocycles. The number of carboxylic acid groups (broad SMARTS) is 2. The van der Waals surface area contributed by atoms with E-state index in [9.17, 15) is 9.59 Å². The van der Waals surface area contributed by atoms with Gasteiger partial charge in [-0.15, -0.1) is 0 Å². The molecule has 1 heterocycles. The molecule has 0 aromatic heterocycles. The van der Waals surface area contributed by atoms with Crippen LogP contribution in [0.5, 0.6) is 0 Å². The summed E-state index contributed by atoms with van der Waals surface area (Å²) in [5, 5.41) is 18.4. The van der Waals surface area contributed by atoms with Gasteiger partial charge in [0.1, 0.15) is 0 Å². The number of hydrogen-bond donors (Lipinski definition) is 3. The summed E-state index contributed by atoms with van der Waals surface area (Å²) in [5.74, 6) is -1.49. The van der Waals surface area contributed by atoms with Gasteiger partial charge in [0, 0.05) is 20.8 Å². The van der Waals surface area contributed by atoms with E-state index in [1.54, 1.807) is 20.2 Å². The molecule has 0 bridgehead atoms. The first-order chi connectivity index (χ1) is 7.04. The number of aliphatic carboxylic acids is 2. The van der Waals surface area contributed by atoms with Crippen molar-refractivity contribution in [1.82, 2.24) is 5.32 Å². The SMILES string of the molecule is C1=NCCN1.CCC(=O)O.CCC(=O)O.[2H]. The minimum absolute atomic E-state index is 0. The Hall–Kier alpha value is -1.59. The largest absolute Gasteiger partial charge is 0.481 e. The maximum atomic E-state index is 9.37. The van der Waals surface area contributed by atoms with Gasteiger partial charge < -0.3 is 15.5 Å². The number of carbonyl (C=O) groups is 2. The van der Waals surface area contributed by atoms with Crippen LogP contribution in [0.4, 0.5) is 0 Å². The second-order valence-corrected chi connectivity index (χ2v) is 2.48. The van der Waals surface area contributed by atoms with E-state index < -0.39 is 11.9 Å². The summed E-state index contributed by atoms with van der Waals surface area (Å²) in [5.41, 5.74) is 0. The lowest BCUT2D eigenvalue weighted by atomic mass is 10.5. The van der Waals surface area contributed by atoms with Gasteiger partial charge in [0.25, 0.3) is 0 Å². The van der Waals surface area contributed by atoms with Crippen molar-refractivity contribution in [3.05, 3.63) is 0 Å². The van der Waals surface area contributed by atoms with E-state index in [0.717, 1.165) is 13.1 Å². The van der Waals surface area contributed by atoms with E-state index in [1.807, 2.05) is 0 Å². The molecular weight excluding hydrogens is 200 g/mol. The van der Waals surface area contributed by atoms with Crippen LogP contribution in [-0.4, -0.2) is 41.6 Å². The minimum atomic E-state index is -0.745. The second kappa shape index (κ2) is 12.4. The lowest BCUT2D eigenvalue weighted by molar-refractivity contribution is -0.137. The highest BCUT2D eigenvalue weighted by Gasteiger charge is 1.82. The topological polar surface area (TPSA) is 99.0 Å². The van der Waals surface area contributed by atoms with Crippen LogP contribution >= 0.6 is 0 Å². The van der Waals surface area contributed by atoms with Gasteiger partial charge >= 0.3 is 11.9 Å². The maximum absolute atomic E-state index is 9.37. The predicted molar refractivity (Wildman–Crippen MR) is 58.3 cm³/mol. The Labute approximate surface area is 90.5 Å². The average molecular weight is 220 g/mol. The van der Waals surface area contributed by atoms with Crippen molar-refractivity contribution in [1.29, 1.82) is 0 Å². The minimum Gasteiger partial charge on any atom is -0.481 e. The fourth-order valence-electron chi connectivity index (χ4n) is 0.323. The van der Waals surface area contributed by atoms with Crippen molar-refractivity contribution in [2.45, 2.75) is 26.7 Å². The quantitative estimate of drug-likeness (QED) is 0.636. The third kappa shape index (κ3) is 24.5. The van der Waals surface area contributed by atoms with Crippen molar-refractivity contribution in [2.75, 3.05) is 13.1 Å². The van der Waals surface area contributed by atoms with Gasteiger partial charge in [-0.2, -0.15) is 0 Å². The highest BCUT2D eigenvalue weighted by Crippen LogP contribution is 1.68. The molecule has 1 radical (unpaired) electrons. The lowest BCUT2D eigenvalue weighted by Crippen LogP contribution is -2.04. The summed E-state index contributed by atoms with van der Waals surface area (Å²) in [6.45, 7) is 5.19. The molecule has 0 fully saturated rings. The molecule has 0 saturated heterocycles. The van der Waals surface area contributed by atoms with Gasteiger partial charge in [-0.1, -0.05) is 13.8 Å². The van der Waals surface area contributed by atoms with Crippen LogP contribution in [0.15, 0.2) is 4.99 Å². The number of carboxylic acids is 2. The Morgan fingerprint density at radius 1 is 1.33 bits per heavy atom. The number of nitrogens with zero attached hydrogens (tertiary/aromatic N) is 1. The lowest BCUT2D eigenvalue weighted by Gasteiger charge is -1.75. The number of nitrogens with one attached hydrogen (secondary N) is 1. The highest BCUT2D eigenvalue weighted by molar-refractivity contribution is 5.66. The van der Waals surface area contributed by atoms with Crippen LogP contribution in [0, 0.1) is 0 Å². The van der Waals surface area contributed by atoms with Crippen molar-refractivity contribution in [3.63, 3.8) is 0 Å². The van der Waals surface area contributed by atoms with Gasteiger partial charge in [0.05, 0.1) is 12.9 Å². The predicted octanol–water partition coefficient (Wildman–Crippen LogP) is 0.692. The fraction of sp³-hybridized carbons (Fsp3) is 0.667. The van der Waals surface area contributed by atoms with E-state index in [0.29, 0.717) is 0 Å². The van der Waals surface area contributed by atoms with Crippen LogP contribution in [-0.2, 0) is 9.59 Å². The monoisotopic (exact) mass is 220 g/mol. The molecule has 0 atom stereocenters. The van der Waals surface area contributed by atoms with Crippen LogP contribution in [0.1, 0.15) is 28.1 Å². The van der Waals surface area contributed by atoms with Gasteiger partial charge in [0.15, 0.2) is 0 Å². The molecule has 0 aromatic carbocycles. The summed E-state index contributed by atoms with van der Waals surface area (Å²) in [7, 11) is 0. The molecule has 0 aromatic rings. The fourth-order valence-corrected chi connectivity index (χ4v) is 0.323. The summed E-state index contributed by atoms with van der Waals surface area (Å²) in [6.07, 6.45) is 2.18. The number of rotatable bonds is 2. The zero-order valence-corrected chi connectivity index (χ0v) is 9.06. The normalized spacial score (nSPS) is 11.3. The molecule has 15 heavy (non-hydrogen) atoms. The van der Waals surface area contributed by atoms with E-state index in [-0.39, 0.29) is 14.3 Å². The zero-order chi connectivity index (χ0) is 12.1. The summed E-state index contributed by atoms with van der Waals surface area (Å²) in [6, 6.07) is 0. The Kier molecular flexibility index (Phi) is 13.1.